The Morgan fingerprint density at radius 3 is 3.11 bits per heavy atom. The molecule has 2 aromatic heterocycles. The van der Waals surface area contributed by atoms with Crippen molar-refractivity contribution in [1.29, 1.82) is 0 Å². The van der Waals surface area contributed by atoms with E-state index in [-0.39, 0.29) is 5.91 Å². The third-order valence-corrected chi connectivity index (χ3v) is 2.98. The number of carbonyl (C=O) groups is 1. The van der Waals surface area contributed by atoms with Gasteiger partial charge >= 0.3 is 0 Å². The van der Waals surface area contributed by atoms with Crippen LogP contribution in [0.4, 0.5) is 5.95 Å². The predicted octanol–water partition coefficient (Wildman–Crippen LogP) is 0.667. The summed E-state index contributed by atoms with van der Waals surface area (Å²) in [6, 6.07) is 5.60. The van der Waals surface area contributed by atoms with Crippen molar-refractivity contribution in [2.45, 2.75) is 12.8 Å². The fourth-order valence-electron chi connectivity index (χ4n) is 1.81. The minimum Gasteiger partial charge on any atom is -0.308 e. The summed E-state index contributed by atoms with van der Waals surface area (Å²) in [6.45, 7) is 1.24. The number of amides is 1. The highest BCUT2D eigenvalue weighted by atomic mass is 16.2. The van der Waals surface area contributed by atoms with Crippen LogP contribution in [-0.2, 0) is 4.79 Å². The van der Waals surface area contributed by atoms with Gasteiger partial charge in [0, 0.05) is 6.20 Å². The number of hydrogen-bond donors (Lipinski definition) is 2. The predicted molar refractivity (Wildman–Crippen MR) is 67.2 cm³/mol. The molecule has 0 aromatic carbocycles. The molecular weight excluding hydrogens is 230 g/mol. The molecule has 1 aliphatic carbocycles. The summed E-state index contributed by atoms with van der Waals surface area (Å²) in [6.07, 6.45) is 4.38. The summed E-state index contributed by atoms with van der Waals surface area (Å²) >= 11 is 0. The van der Waals surface area contributed by atoms with Crippen molar-refractivity contribution in [2.75, 3.05) is 18.4 Å². The quantitative estimate of drug-likeness (QED) is 0.812. The van der Waals surface area contributed by atoms with Gasteiger partial charge in [0.2, 0.25) is 11.9 Å². The van der Waals surface area contributed by atoms with Gasteiger partial charge in [0.25, 0.3) is 0 Å². The molecule has 94 valence electrons. The largest absolute Gasteiger partial charge is 0.308 e. The zero-order valence-corrected chi connectivity index (χ0v) is 9.97. The number of carbonyl (C=O) groups excluding carboxylic acids is 1. The molecular formula is C12H15N5O. The normalized spacial score (nSPS) is 14.9. The van der Waals surface area contributed by atoms with Gasteiger partial charge in [-0.1, -0.05) is 6.07 Å². The average Bonchev–Trinajstić information content (AvgIpc) is 3.11. The first-order valence-corrected chi connectivity index (χ1v) is 6.13. The molecule has 0 aliphatic heterocycles. The number of fused-ring (bicyclic) bond motifs is 1. The smallest absolute Gasteiger partial charge is 0.240 e. The third-order valence-electron chi connectivity index (χ3n) is 2.98. The maximum absolute atomic E-state index is 11.7. The Labute approximate surface area is 104 Å². The van der Waals surface area contributed by atoms with E-state index in [0.717, 1.165) is 18.1 Å². The highest BCUT2D eigenvalue weighted by Crippen LogP contribution is 2.27. The van der Waals surface area contributed by atoms with E-state index in [2.05, 4.69) is 20.8 Å². The highest BCUT2D eigenvalue weighted by molar-refractivity contribution is 5.90. The molecule has 0 bridgehead atoms. The topological polar surface area (TPSA) is 71.3 Å². The maximum atomic E-state index is 11.7. The molecule has 0 saturated heterocycles. The molecule has 1 amide bonds. The van der Waals surface area contributed by atoms with Crippen LogP contribution >= 0.6 is 0 Å². The van der Waals surface area contributed by atoms with E-state index in [1.807, 2.05) is 24.4 Å². The number of aromatic nitrogens is 3. The molecule has 0 atom stereocenters. The van der Waals surface area contributed by atoms with Gasteiger partial charge in [-0.2, -0.15) is 0 Å². The number of nitrogens with one attached hydrogen (secondary N) is 2. The lowest BCUT2D eigenvalue weighted by atomic mass is 10.4. The Hall–Kier alpha value is -1.95. The Morgan fingerprint density at radius 1 is 1.39 bits per heavy atom. The second-order valence-electron chi connectivity index (χ2n) is 4.57. The van der Waals surface area contributed by atoms with Crippen LogP contribution in [0, 0.1) is 5.92 Å². The first-order chi connectivity index (χ1) is 8.83. The fourth-order valence-corrected chi connectivity index (χ4v) is 1.81. The Kier molecular flexibility index (Phi) is 2.93. The van der Waals surface area contributed by atoms with Crippen molar-refractivity contribution in [3.8, 4) is 0 Å². The maximum Gasteiger partial charge on any atom is 0.240 e. The molecule has 1 aliphatic rings. The summed E-state index contributed by atoms with van der Waals surface area (Å²) in [5.74, 6) is 1.14. The van der Waals surface area contributed by atoms with Crippen molar-refractivity contribution in [3.63, 3.8) is 0 Å². The molecule has 1 saturated carbocycles. The Bertz CT molecular complexity index is 560. The van der Waals surface area contributed by atoms with Gasteiger partial charge in [-0.05, 0) is 37.4 Å². The van der Waals surface area contributed by atoms with E-state index >= 15 is 0 Å². The van der Waals surface area contributed by atoms with Crippen LogP contribution in [0.2, 0.25) is 0 Å². The minimum atomic E-state index is -0.0891. The van der Waals surface area contributed by atoms with Gasteiger partial charge in [0.05, 0.1) is 6.54 Å². The number of nitrogens with zero attached hydrogens (tertiary/aromatic N) is 3. The lowest BCUT2D eigenvalue weighted by Crippen LogP contribution is -2.30. The molecule has 2 aromatic rings. The molecule has 2 N–H and O–H groups in total. The van der Waals surface area contributed by atoms with E-state index in [4.69, 9.17) is 0 Å². The van der Waals surface area contributed by atoms with Gasteiger partial charge in [0.15, 0.2) is 5.65 Å². The van der Waals surface area contributed by atoms with Gasteiger partial charge in [-0.15, -0.1) is 10.2 Å². The van der Waals surface area contributed by atoms with Crippen LogP contribution in [0.1, 0.15) is 12.8 Å². The molecule has 3 rings (SSSR count). The van der Waals surface area contributed by atoms with E-state index in [1.54, 1.807) is 4.40 Å². The van der Waals surface area contributed by atoms with Crippen LogP contribution < -0.4 is 10.6 Å². The highest BCUT2D eigenvalue weighted by Gasteiger charge is 2.20. The fraction of sp³-hybridized carbons (Fsp3) is 0.417. The first kappa shape index (κ1) is 11.2. The van der Waals surface area contributed by atoms with Crippen LogP contribution in [0.15, 0.2) is 24.4 Å². The second-order valence-corrected chi connectivity index (χ2v) is 4.57. The molecule has 0 radical (unpaired) electrons. The van der Waals surface area contributed by atoms with Crippen molar-refractivity contribution in [2.24, 2.45) is 5.92 Å². The zero-order chi connectivity index (χ0) is 12.4. The van der Waals surface area contributed by atoms with Gasteiger partial charge in [0.1, 0.15) is 0 Å². The molecule has 6 nitrogen and oxygen atoms in total. The number of rotatable bonds is 5. The van der Waals surface area contributed by atoms with Gasteiger partial charge < -0.3 is 5.32 Å². The van der Waals surface area contributed by atoms with Gasteiger partial charge in [-0.3, -0.25) is 14.5 Å². The van der Waals surface area contributed by atoms with Gasteiger partial charge in [-0.25, -0.2) is 0 Å². The summed E-state index contributed by atoms with van der Waals surface area (Å²) in [5.41, 5.74) is 0.721. The molecule has 0 unspecified atom stereocenters. The van der Waals surface area contributed by atoms with Crippen molar-refractivity contribution in [3.05, 3.63) is 24.4 Å². The minimum absolute atomic E-state index is 0.0891. The summed E-state index contributed by atoms with van der Waals surface area (Å²) in [4.78, 5) is 11.7. The Balaban J connectivity index is 1.59. The van der Waals surface area contributed by atoms with Crippen LogP contribution in [0.3, 0.4) is 0 Å². The number of hydrogen-bond acceptors (Lipinski definition) is 4. The molecule has 1 fully saturated rings. The third kappa shape index (κ3) is 2.48. The summed E-state index contributed by atoms with van der Waals surface area (Å²) in [7, 11) is 0. The molecule has 2 heterocycles. The lowest BCUT2D eigenvalue weighted by molar-refractivity contribution is -0.115. The van der Waals surface area contributed by atoms with Crippen molar-refractivity contribution in [1.82, 2.24) is 19.9 Å². The van der Waals surface area contributed by atoms with E-state index in [9.17, 15) is 4.79 Å². The zero-order valence-electron chi connectivity index (χ0n) is 9.97. The summed E-state index contributed by atoms with van der Waals surface area (Å²) < 4.78 is 1.75. The summed E-state index contributed by atoms with van der Waals surface area (Å²) in [5, 5.41) is 13.8. The van der Waals surface area contributed by atoms with Crippen LogP contribution in [0.25, 0.3) is 5.65 Å². The Morgan fingerprint density at radius 2 is 2.28 bits per heavy atom. The van der Waals surface area contributed by atoms with Crippen LogP contribution in [-0.4, -0.2) is 33.6 Å². The second kappa shape index (κ2) is 4.73. The van der Waals surface area contributed by atoms with Crippen LogP contribution in [0.5, 0.6) is 0 Å². The van der Waals surface area contributed by atoms with Crippen molar-refractivity contribution < 1.29 is 4.79 Å². The molecule has 0 spiro atoms. The van der Waals surface area contributed by atoms with Crippen molar-refractivity contribution >= 4 is 17.5 Å². The lowest BCUT2D eigenvalue weighted by Gasteiger charge is -2.04. The average molecular weight is 245 g/mol. The van der Waals surface area contributed by atoms with E-state index in [0.29, 0.717) is 12.5 Å². The monoisotopic (exact) mass is 245 g/mol. The standard InChI is InChI=1S/C12H15N5O/c18-11(8-13-7-9-4-5-9)14-12-16-15-10-3-1-2-6-17(10)12/h1-3,6,9,13H,4-5,7-8H2,(H,14,16,18). The number of pyridine rings is 1. The first-order valence-electron chi connectivity index (χ1n) is 6.13. The number of anilines is 1. The van der Waals surface area contributed by atoms with E-state index in [1.165, 1.54) is 12.8 Å². The van der Waals surface area contributed by atoms with E-state index < -0.39 is 0 Å². The molecule has 6 heteroatoms. The SMILES string of the molecule is O=C(CNCC1CC1)Nc1nnc2ccccn12. The molecule has 18 heavy (non-hydrogen) atoms.